The van der Waals surface area contributed by atoms with Crippen LogP contribution in [0.25, 0.3) is 0 Å². The molecule has 0 aliphatic rings. The second kappa shape index (κ2) is 4.45. The molecule has 2 nitrogen and oxygen atoms in total. The van der Waals surface area contributed by atoms with Gasteiger partial charge < -0.3 is 5.11 Å². The number of benzene rings is 1. The summed E-state index contributed by atoms with van der Waals surface area (Å²) in [6.45, 7) is 6.25. The first-order chi connectivity index (χ1) is 6.79. The number of hydrogen-bond donors (Lipinski definition) is 1. The lowest BCUT2D eigenvalue weighted by molar-refractivity contribution is 0.0697. The molecule has 0 saturated carbocycles. The van der Waals surface area contributed by atoms with Gasteiger partial charge in [0.05, 0.1) is 10.6 Å². The van der Waals surface area contributed by atoms with Crippen molar-refractivity contribution in [2.24, 2.45) is 0 Å². The van der Waals surface area contributed by atoms with Gasteiger partial charge in [0.1, 0.15) is 0 Å². The van der Waals surface area contributed by atoms with Crippen molar-refractivity contribution in [2.45, 2.75) is 30.4 Å². The van der Waals surface area contributed by atoms with Gasteiger partial charge in [0.15, 0.2) is 0 Å². The van der Waals surface area contributed by atoms with Crippen LogP contribution >= 0.6 is 23.4 Å². The molecule has 0 aliphatic carbocycles. The quantitative estimate of drug-likeness (QED) is 0.801. The zero-order chi connectivity index (χ0) is 11.6. The van der Waals surface area contributed by atoms with Crippen LogP contribution in [0.3, 0.4) is 0 Å². The molecule has 0 heterocycles. The maximum atomic E-state index is 10.7. The molecule has 0 fully saturated rings. The minimum Gasteiger partial charge on any atom is -0.478 e. The van der Waals surface area contributed by atoms with Gasteiger partial charge in [-0.2, -0.15) is 0 Å². The zero-order valence-electron chi connectivity index (χ0n) is 8.87. The average molecular weight is 245 g/mol. The van der Waals surface area contributed by atoms with Crippen LogP contribution in [0.2, 0.25) is 5.02 Å². The Bertz CT molecular complexity index is 383. The number of carboxylic acid groups (broad SMARTS) is 1. The third kappa shape index (κ3) is 3.76. The molecular weight excluding hydrogens is 232 g/mol. The van der Waals surface area contributed by atoms with Crippen molar-refractivity contribution >= 4 is 29.3 Å². The fourth-order valence-corrected chi connectivity index (χ4v) is 2.30. The SMILES string of the molecule is CC(C)(C)Sc1ccc(C(=O)O)cc1Cl. The van der Waals surface area contributed by atoms with Gasteiger partial charge in [0.2, 0.25) is 0 Å². The van der Waals surface area contributed by atoms with Crippen LogP contribution in [-0.4, -0.2) is 15.8 Å². The summed E-state index contributed by atoms with van der Waals surface area (Å²) in [7, 11) is 0. The summed E-state index contributed by atoms with van der Waals surface area (Å²) in [5, 5.41) is 9.26. The molecule has 15 heavy (non-hydrogen) atoms. The van der Waals surface area contributed by atoms with E-state index >= 15 is 0 Å². The lowest BCUT2D eigenvalue weighted by Gasteiger charge is -2.18. The molecule has 82 valence electrons. The Hall–Kier alpha value is -0.670. The van der Waals surface area contributed by atoms with E-state index in [1.54, 1.807) is 23.9 Å². The molecule has 1 rings (SSSR count). The molecule has 1 aromatic rings. The van der Waals surface area contributed by atoms with Crippen LogP contribution in [0.4, 0.5) is 0 Å². The summed E-state index contributed by atoms with van der Waals surface area (Å²) in [6.07, 6.45) is 0. The highest BCUT2D eigenvalue weighted by Gasteiger charge is 2.15. The van der Waals surface area contributed by atoms with Crippen molar-refractivity contribution in [3.8, 4) is 0 Å². The number of carboxylic acids is 1. The number of thioether (sulfide) groups is 1. The van der Waals surface area contributed by atoms with E-state index in [-0.39, 0.29) is 10.3 Å². The first-order valence-electron chi connectivity index (χ1n) is 4.51. The molecule has 0 amide bonds. The molecule has 0 unspecified atom stereocenters. The van der Waals surface area contributed by atoms with E-state index in [2.05, 4.69) is 20.8 Å². The van der Waals surface area contributed by atoms with Crippen LogP contribution in [-0.2, 0) is 0 Å². The Morgan fingerprint density at radius 1 is 1.40 bits per heavy atom. The fraction of sp³-hybridized carbons (Fsp3) is 0.364. The van der Waals surface area contributed by atoms with E-state index in [1.807, 2.05) is 0 Å². The first-order valence-corrected chi connectivity index (χ1v) is 5.71. The van der Waals surface area contributed by atoms with E-state index < -0.39 is 5.97 Å². The molecule has 1 N–H and O–H groups in total. The summed E-state index contributed by atoms with van der Waals surface area (Å²) >= 11 is 7.62. The van der Waals surface area contributed by atoms with Gasteiger partial charge in [-0.1, -0.05) is 32.4 Å². The lowest BCUT2D eigenvalue weighted by atomic mass is 10.2. The third-order valence-electron chi connectivity index (χ3n) is 1.59. The number of halogens is 1. The monoisotopic (exact) mass is 244 g/mol. The first kappa shape index (κ1) is 12.4. The summed E-state index contributed by atoms with van der Waals surface area (Å²) in [6, 6.07) is 4.81. The number of aromatic carboxylic acids is 1. The van der Waals surface area contributed by atoms with Gasteiger partial charge in [-0.25, -0.2) is 4.79 Å². The van der Waals surface area contributed by atoms with Gasteiger partial charge in [-0.05, 0) is 18.2 Å². The maximum absolute atomic E-state index is 10.7. The van der Waals surface area contributed by atoms with Crippen LogP contribution in [0.15, 0.2) is 23.1 Å². The molecule has 0 bridgehead atoms. The van der Waals surface area contributed by atoms with Gasteiger partial charge >= 0.3 is 5.97 Å². The van der Waals surface area contributed by atoms with Crippen molar-refractivity contribution in [2.75, 3.05) is 0 Å². The second-order valence-corrected chi connectivity index (χ2v) is 6.44. The molecule has 4 heteroatoms. The maximum Gasteiger partial charge on any atom is 0.335 e. The van der Waals surface area contributed by atoms with E-state index in [0.717, 1.165) is 4.90 Å². The summed E-state index contributed by atoms with van der Waals surface area (Å²) in [4.78, 5) is 11.6. The van der Waals surface area contributed by atoms with E-state index in [0.29, 0.717) is 5.02 Å². The highest BCUT2D eigenvalue weighted by Crippen LogP contribution is 2.36. The summed E-state index contributed by atoms with van der Waals surface area (Å²) < 4.78 is 0.0639. The molecule has 0 aliphatic heterocycles. The molecule has 1 aromatic carbocycles. The fourth-order valence-electron chi connectivity index (χ4n) is 1.05. The normalized spacial score (nSPS) is 11.5. The molecule has 0 radical (unpaired) electrons. The number of hydrogen-bond acceptors (Lipinski definition) is 2. The van der Waals surface area contributed by atoms with Crippen molar-refractivity contribution in [3.05, 3.63) is 28.8 Å². The number of carbonyl (C=O) groups is 1. The summed E-state index contributed by atoms with van der Waals surface area (Å²) in [5.74, 6) is -0.954. The predicted molar refractivity (Wildman–Crippen MR) is 64.0 cm³/mol. The second-order valence-electron chi connectivity index (χ2n) is 4.16. The Morgan fingerprint density at radius 2 is 2.00 bits per heavy atom. The molecular formula is C11H13ClO2S. The minimum atomic E-state index is -0.954. The molecule has 0 saturated heterocycles. The van der Waals surface area contributed by atoms with Gasteiger partial charge in [-0.3, -0.25) is 0 Å². The Labute approximate surface area is 98.6 Å². The van der Waals surface area contributed by atoms with Crippen LogP contribution in [0.5, 0.6) is 0 Å². The van der Waals surface area contributed by atoms with Crippen molar-refractivity contribution in [1.29, 1.82) is 0 Å². The number of rotatable bonds is 2. The van der Waals surface area contributed by atoms with Crippen LogP contribution in [0.1, 0.15) is 31.1 Å². The van der Waals surface area contributed by atoms with Crippen molar-refractivity contribution in [3.63, 3.8) is 0 Å². The minimum absolute atomic E-state index is 0.0639. The van der Waals surface area contributed by atoms with Crippen molar-refractivity contribution < 1.29 is 9.90 Å². The van der Waals surface area contributed by atoms with E-state index in [9.17, 15) is 4.79 Å². The predicted octanol–water partition coefficient (Wildman–Crippen LogP) is 3.93. The van der Waals surface area contributed by atoms with Crippen LogP contribution < -0.4 is 0 Å². The van der Waals surface area contributed by atoms with Gasteiger partial charge in [0, 0.05) is 9.64 Å². The zero-order valence-corrected chi connectivity index (χ0v) is 10.4. The van der Waals surface area contributed by atoms with Crippen molar-refractivity contribution in [1.82, 2.24) is 0 Å². The average Bonchev–Trinajstić information content (AvgIpc) is 2.05. The highest BCUT2D eigenvalue weighted by atomic mass is 35.5. The lowest BCUT2D eigenvalue weighted by Crippen LogP contribution is -2.07. The largest absolute Gasteiger partial charge is 0.478 e. The van der Waals surface area contributed by atoms with Gasteiger partial charge in [0.25, 0.3) is 0 Å². The Balaban J connectivity index is 2.99. The van der Waals surface area contributed by atoms with E-state index in [1.165, 1.54) is 6.07 Å². The summed E-state index contributed by atoms with van der Waals surface area (Å²) in [5.41, 5.74) is 0.221. The van der Waals surface area contributed by atoms with Gasteiger partial charge in [-0.15, -0.1) is 11.8 Å². The molecule has 0 spiro atoms. The molecule has 0 atom stereocenters. The van der Waals surface area contributed by atoms with Crippen LogP contribution in [0, 0.1) is 0 Å². The highest BCUT2D eigenvalue weighted by molar-refractivity contribution is 8.00. The topological polar surface area (TPSA) is 37.3 Å². The standard InChI is InChI=1S/C11H13ClO2S/c1-11(2,3)15-9-5-4-7(10(13)14)6-8(9)12/h4-6H,1-3H3,(H,13,14). The Morgan fingerprint density at radius 3 is 2.40 bits per heavy atom. The third-order valence-corrected chi connectivity index (χ3v) is 3.21. The Kier molecular flexibility index (Phi) is 3.68. The molecule has 0 aromatic heterocycles. The van der Waals surface area contributed by atoms with E-state index in [4.69, 9.17) is 16.7 Å². The smallest absolute Gasteiger partial charge is 0.335 e.